The third kappa shape index (κ3) is 3.74. The fraction of sp³-hybridized carbons (Fsp3) is 0.412. The summed E-state index contributed by atoms with van der Waals surface area (Å²) in [6.07, 6.45) is 2.63. The van der Waals surface area contributed by atoms with Gasteiger partial charge < -0.3 is 10.0 Å². The maximum atomic E-state index is 12.5. The highest BCUT2D eigenvalue weighted by Gasteiger charge is 2.19. The predicted octanol–water partition coefficient (Wildman–Crippen LogP) is 2.41. The van der Waals surface area contributed by atoms with Crippen LogP contribution in [0.25, 0.3) is 0 Å². The van der Waals surface area contributed by atoms with Gasteiger partial charge in [0.25, 0.3) is 5.91 Å². The summed E-state index contributed by atoms with van der Waals surface area (Å²) in [5.74, 6) is -0.103. The number of rotatable bonds is 6. The average Bonchev–Trinajstić information content (AvgIpc) is 3.01. The van der Waals surface area contributed by atoms with Crippen molar-refractivity contribution in [1.82, 2.24) is 14.7 Å². The molecule has 1 amide bonds. The summed E-state index contributed by atoms with van der Waals surface area (Å²) in [7, 11) is 0. The minimum absolute atomic E-state index is 0.103. The molecule has 0 aliphatic heterocycles. The van der Waals surface area contributed by atoms with Gasteiger partial charge >= 0.3 is 0 Å². The van der Waals surface area contributed by atoms with E-state index in [2.05, 4.69) is 5.10 Å². The molecule has 0 saturated heterocycles. The number of carbonyl (C=O) groups excluding carboxylic acids is 1. The van der Waals surface area contributed by atoms with Crippen LogP contribution in [0.15, 0.2) is 36.7 Å². The maximum Gasteiger partial charge on any atom is 0.257 e. The molecule has 0 unspecified atom stereocenters. The number of hydrogen-bond acceptors (Lipinski definition) is 3. The van der Waals surface area contributed by atoms with Crippen molar-refractivity contribution in [3.63, 3.8) is 0 Å². The van der Waals surface area contributed by atoms with Crippen LogP contribution in [0.1, 0.15) is 41.4 Å². The van der Waals surface area contributed by atoms with Crippen molar-refractivity contribution in [3.05, 3.63) is 53.3 Å². The van der Waals surface area contributed by atoms with Crippen LogP contribution in [0.5, 0.6) is 0 Å². The molecule has 1 aromatic heterocycles. The number of aliphatic hydroxyl groups excluding tert-OH is 1. The van der Waals surface area contributed by atoms with E-state index in [1.165, 1.54) is 0 Å². The molecule has 0 bridgehead atoms. The molecule has 118 valence electrons. The standard InChI is InChI=1S/C17H23N3O2/c1-4-19(17(22)15-10-18-20(5-2)11-15)12-16(21)14-8-6-13(3)7-9-14/h6-11,16,21H,4-5,12H2,1-3H3/t16-/m1/s1. The summed E-state index contributed by atoms with van der Waals surface area (Å²) < 4.78 is 1.72. The smallest absolute Gasteiger partial charge is 0.257 e. The molecule has 0 aliphatic rings. The van der Waals surface area contributed by atoms with Gasteiger partial charge in [-0.2, -0.15) is 5.10 Å². The van der Waals surface area contributed by atoms with Gasteiger partial charge in [-0.05, 0) is 26.3 Å². The zero-order valence-electron chi connectivity index (χ0n) is 13.4. The van der Waals surface area contributed by atoms with E-state index in [1.807, 2.05) is 45.0 Å². The predicted molar refractivity (Wildman–Crippen MR) is 85.6 cm³/mol. The Morgan fingerprint density at radius 3 is 2.55 bits per heavy atom. The fourth-order valence-corrected chi connectivity index (χ4v) is 2.29. The number of aromatic nitrogens is 2. The molecule has 1 atom stereocenters. The number of benzene rings is 1. The van der Waals surface area contributed by atoms with Gasteiger partial charge in [-0.15, -0.1) is 0 Å². The lowest BCUT2D eigenvalue weighted by Gasteiger charge is -2.23. The van der Waals surface area contributed by atoms with Crippen LogP contribution in [0.2, 0.25) is 0 Å². The first-order valence-corrected chi connectivity index (χ1v) is 7.61. The van der Waals surface area contributed by atoms with Gasteiger partial charge in [-0.1, -0.05) is 29.8 Å². The molecule has 0 spiro atoms. The van der Waals surface area contributed by atoms with Crippen molar-refractivity contribution in [2.75, 3.05) is 13.1 Å². The van der Waals surface area contributed by atoms with Crippen molar-refractivity contribution in [1.29, 1.82) is 0 Å². The molecule has 1 N–H and O–H groups in total. The molecule has 1 aromatic carbocycles. The Morgan fingerprint density at radius 1 is 1.32 bits per heavy atom. The van der Waals surface area contributed by atoms with Gasteiger partial charge in [0, 0.05) is 19.3 Å². The average molecular weight is 301 g/mol. The van der Waals surface area contributed by atoms with Crippen LogP contribution in [0.3, 0.4) is 0 Å². The number of aryl methyl sites for hydroxylation is 2. The van der Waals surface area contributed by atoms with Gasteiger partial charge in [0.1, 0.15) is 0 Å². The zero-order valence-corrected chi connectivity index (χ0v) is 13.4. The van der Waals surface area contributed by atoms with Gasteiger partial charge in [0.15, 0.2) is 0 Å². The molecular formula is C17H23N3O2. The Balaban J connectivity index is 2.07. The number of aliphatic hydroxyl groups is 1. The molecule has 2 rings (SSSR count). The van der Waals surface area contributed by atoms with Crippen LogP contribution in [0.4, 0.5) is 0 Å². The normalized spacial score (nSPS) is 12.2. The Morgan fingerprint density at radius 2 is 2.00 bits per heavy atom. The Kier molecular flexibility index (Phi) is 5.33. The lowest BCUT2D eigenvalue weighted by Crippen LogP contribution is -2.34. The second-order valence-corrected chi connectivity index (χ2v) is 5.35. The summed E-state index contributed by atoms with van der Waals surface area (Å²) in [5, 5.41) is 14.5. The van der Waals surface area contributed by atoms with Crippen molar-refractivity contribution in [3.8, 4) is 0 Å². The highest BCUT2D eigenvalue weighted by atomic mass is 16.3. The van der Waals surface area contributed by atoms with Gasteiger partial charge in [0.2, 0.25) is 0 Å². The van der Waals surface area contributed by atoms with Crippen molar-refractivity contribution >= 4 is 5.91 Å². The van der Waals surface area contributed by atoms with Crippen molar-refractivity contribution in [2.45, 2.75) is 33.4 Å². The van der Waals surface area contributed by atoms with Crippen LogP contribution in [-0.4, -0.2) is 38.8 Å². The molecule has 1 heterocycles. The Bertz CT molecular complexity index is 619. The fourth-order valence-electron chi connectivity index (χ4n) is 2.29. The monoisotopic (exact) mass is 301 g/mol. The number of nitrogens with zero attached hydrogens (tertiary/aromatic N) is 3. The maximum absolute atomic E-state index is 12.5. The van der Waals surface area contributed by atoms with E-state index in [-0.39, 0.29) is 12.5 Å². The van der Waals surface area contributed by atoms with E-state index < -0.39 is 6.10 Å². The second-order valence-electron chi connectivity index (χ2n) is 5.35. The first kappa shape index (κ1) is 16.2. The largest absolute Gasteiger partial charge is 0.387 e. The molecule has 0 radical (unpaired) electrons. The highest BCUT2D eigenvalue weighted by Crippen LogP contribution is 2.16. The van der Waals surface area contributed by atoms with Gasteiger partial charge in [-0.3, -0.25) is 9.48 Å². The Hall–Kier alpha value is -2.14. The number of hydrogen-bond donors (Lipinski definition) is 1. The summed E-state index contributed by atoms with van der Waals surface area (Å²) >= 11 is 0. The second kappa shape index (κ2) is 7.22. The van der Waals surface area contributed by atoms with E-state index >= 15 is 0 Å². The SMILES string of the molecule is CCN(C[C@@H](O)c1ccc(C)cc1)C(=O)c1cnn(CC)c1. The summed E-state index contributed by atoms with van der Waals surface area (Å²) in [5.41, 5.74) is 2.52. The van der Waals surface area contributed by atoms with Crippen molar-refractivity contribution in [2.24, 2.45) is 0 Å². The minimum atomic E-state index is -0.689. The number of likely N-dealkylation sites (N-methyl/N-ethyl adjacent to an activating group) is 1. The van der Waals surface area contributed by atoms with Gasteiger partial charge in [-0.25, -0.2) is 0 Å². The molecular weight excluding hydrogens is 278 g/mol. The molecule has 2 aromatic rings. The third-order valence-corrected chi connectivity index (χ3v) is 3.73. The van der Waals surface area contributed by atoms with Crippen LogP contribution in [0, 0.1) is 6.92 Å². The summed E-state index contributed by atoms with van der Waals surface area (Å²) in [6.45, 7) is 7.42. The van der Waals surface area contributed by atoms with Crippen LogP contribution < -0.4 is 0 Å². The summed E-state index contributed by atoms with van der Waals surface area (Å²) in [6, 6.07) is 7.71. The highest BCUT2D eigenvalue weighted by molar-refractivity contribution is 5.93. The molecule has 0 saturated carbocycles. The minimum Gasteiger partial charge on any atom is -0.387 e. The molecule has 0 fully saturated rings. The lowest BCUT2D eigenvalue weighted by molar-refractivity contribution is 0.0635. The molecule has 5 nitrogen and oxygen atoms in total. The number of carbonyl (C=O) groups is 1. The van der Waals surface area contributed by atoms with Crippen LogP contribution >= 0.6 is 0 Å². The van der Waals surface area contributed by atoms with E-state index in [4.69, 9.17) is 0 Å². The first-order chi connectivity index (χ1) is 10.5. The van der Waals surface area contributed by atoms with Crippen LogP contribution in [-0.2, 0) is 6.54 Å². The topological polar surface area (TPSA) is 58.4 Å². The first-order valence-electron chi connectivity index (χ1n) is 7.61. The van der Waals surface area contributed by atoms with Crippen molar-refractivity contribution < 1.29 is 9.90 Å². The number of amides is 1. The molecule has 22 heavy (non-hydrogen) atoms. The molecule has 5 heteroatoms. The zero-order chi connectivity index (χ0) is 16.1. The van der Waals surface area contributed by atoms with E-state index in [1.54, 1.807) is 22.0 Å². The quantitative estimate of drug-likeness (QED) is 0.891. The van der Waals surface area contributed by atoms with E-state index in [0.717, 1.165) is 17.7 Å². The molecule has 0 aliphatic carbocycles. The summed E-state index contributed by atoms with van der Waals surface area (Å²) in [4.78, 5) is 14.1. The third-order valence-electron chi connectivity index (χ3n) is 3.73. The lowest BCUT2D eigenvalue weighted by atomic mass is 10.1. The van der Waals surface area contributed by atoms with E-state index in [9.17, 15) is 9.90 Å². The van der Waals surface area contributed by atoms with Gasteiger partial charge in [0.05, 0.1) is 24.4 Å². The van der Waals surface area contributed by atoms with E-state index in [0.29, 0.717) is 12.1 Å². The Labute approximate surface area is 131 Å².